The third-order valence-corrected chi connectivity index (χ3v) is 5.00. The molecule has 1 N–H and O–H groups in total. The van der Waals surface area contributed by atoms with Gasteiger partial charge in [0.2, 0.25) is 0 Å². The van der Waals surface area contributed by atoms with Gasteiger partial charge in [0.15, 0.2) is 0 Å². The predicted octanol–water partition coefficient (Wildman–Crippen LogP) is 2.51. The molecule has 3 heteroatoms. The van der Waals surface area contributed by atoms with Crippen molar-refractivity contribution in [2.75, 3.05) is 39.3 Å². The van der Waals surface area contributed by atoms with Crippen LogP contribution in [0, 0.1) is 0 Å². The smallest absolute Gasteiger partial charge is 0.0449 e. The maximum absolute atomic E-state index is 3.65. The van der Waals surface area contributed by atoms with Gasteiger partial charge in [0, 0.05) is 25.2 Å². The summed E-state index contributed by atoms with van der Waals surface area (Å²) >= 11 is 0. The Morgan fingerprint density at radius 1 is 1.14 bits per heavy atom. The molecular formula is C18H29N3. The first-order chi connectivity index (χ1) is 10.4. The van der Waals surface area contributed by atoms with Gasteiger partial charge >= 0.3 is 0 Å². The van der Waals surface area contributed by atoms with Crippen molar-refractivity contribution in [3.05, 3.63) is 35.9 Å². The summed E-state index contributed by atoms with van der Waals surface area (Å²) in [4.78, 5) is 5.37. The van der Waals surface area contributed by atoms with Crippen molar-refractivity contribution in [1.29, 1.82) is 0 Å². The molecule has 1 aromatic rings. The van der Waals surface area contributed by atoms with Crippen molar-refractivity contribution in [2.24, 2.45) is 0 Å². The molecule has 2 aliphatic rings. The minimum atomic E-state index is 0.466. The molecule has 0 spiro atoms. The third-order valence-electron chi connectivity index (χ3n) is 5.00. The minimum absolute atomic E-state index is 0.466. The van der Waals surface area contributed by atoms with Gasteiger partial charge in [-0.05, 0) is 51.0 Å². The van der Waals surface area contributed by atoms with Crippen molar-refractivity contribution in [2.45, 2.75) is 38.3 Å². The zero-order valence-corrected chi connectivity index (χ0v) is 13.3. The van der Waals surface area contributed by atoms with Gasteiger partial charge in [-0.15, -0.1) is 0 Å². The fourth-order valence-corrected chi connectivity index (χ4v) is 3.86. The largest absolute Gasteiger partial charge is 0.309 e. The van der Waals surface area contributed by atoms with Gasteiger partial charge in [0.05, 0.1) is 0 Å². The lowest BCUT2D eigenvalue weighted by Gasteiger charge is -2.27. The SMILES string of the molecule is CCNC(CN1CCC(N2CCCC2)C1)c1ccccc1. The van der Waals surface area contributed by atoms with Crippen molar-refractivity contribution < 1.29 is 0 Å². The highest BCUT2D eigenvalue weighted by Gasteiger charge is 2.30. The first kappa shape index (κ1) is 15.0. The van der Waals surface area contributed by atoms with E-state index in [1.807, 2.05) is 0 Å². The lowest BCUT2D eigenvalue weighted by atomic mass is 10.1. The summed E-state index contributed by atoms with van der Waals surface area (Å²) in [6.07, 6.45) is 4.16. The Labute approximate surface area is 129 Å². The number of nitrogens with zero attached hydrogens (tertiary/aromatic N) is 2. The third kappa shape index (κ3) is 3.85. The lowest BCUT2D eigenvalue weighted by Crippen LogP contribution is -2.38. The van der Waals surface area contributed by atoms with Crippen LogP contribution in [0.2, 0.25) is 0 Å². The molecule has 0 saturated carbocycles. The van der Waals surface area contributed by atoms with Crippen LogP contribution < -0.4 is 5.32 Å². The maximum atomic E-state index is 3.65. The van der Waals surface area contributed by atoms with E-state index in [0.717, 1.165) is 19.1 Å². The molecule has 3 rings (SSSR count). The van der Waals surface area contributed by atoms with Crippen LogP contribution in [0.1, 0.15) is 37.8 Å². The van der Waals surface area contributed by atoms with Gasteiger partial charge in [-0.1, -0.05) is 37.3 Å². The number of hydrogen-bond acceptors (Lipinski definition) is 3. The summed E-state index contributed by atoms with van der Waals surface area (Å²) in [6.45, 7) is 9.55. The van der Waals surface area contributed by atoms with Gasteiger partial charge in [-0.25, -0.2) is 0 Å². The van der Waals surface area contributed by atoms with E-state index < -0.39 is 0 Å². The zero-order valence-electron chi connectivity index (χ0n) is 13.3. The van der Waals surface area contributed by atoms with Gasteiger partial charge in [0.1, 0.15) is 0 Å². The number of benzene rings is 1. The predicted molar refractivity (Wildman–Crippen MR) is 88.5 cm³/mol. The molecule has 2 aliphatic heterocycles. The standard InChI is InChI=1S/C18H29N3/c1-2-19-18(16-8-4-3-5-9-16)15-20-13-10-17(14-20)21-11-6-7-12-21/h3-5,8-9,17-19H,2,6-7,10-15H2,1H3. The van der Waals surface area contributed by atoms with Crippen LogP contribution in [0.4, 0.5) is 0 Å². The Morgan fingerprint density at radius 3 is 2.62 bits per heavy atom. The van der Waals surface area contributed by atoms with E-state index in [0.29, 0.717) is 6.04 Å². The molecule has 0 bridgehead atoms. The summed E-state index contributed by atoms with van der Waals surface area (Å²) in [5.74, 6) is 0. The van der Waals surface area contributed by atoms with Crippen LogP contribution >= 0.6 is 0 Å². The molecule has 2 heterocycles. The van der Waals surface area contributed by atoms with E-state index in [2.05, 4.69) is 52.4 Å². The fraction of sp³-hybridized carbons (Fsp3) is 0.667. The van der Waals surface area contributed by atoms with Crippen molar-refractivity contribution >= 4 is 0 Å². The van der Waals surface area contributed by atoms with Gasteiger partial charge in [0.25, 0.3) is 0 Å². The molecule has 0 aromatic heterocycles. The second kappa shape index (κ2) is 7.39. The summed E-state index contributed by atoms with van der Waals surface area (Å²) in [5, 5.41) is 3.65. The van der Waals surface area contributed by atoms with E-state index in [1.54, 1.807) is 0 Å². The lowest BCUT2D eigenvalue weighted by molar-refractivity contribution is 0.223. The molecule has 3 nitrogen and oxygen atoms in total. The fourth-order valence-electron chi connectivity index (χ4n) is 3.86. The second-order valence-corrected chi connectivity index (χ2v) is 6.47. The molecule has 2 unspecified atom stereocenters. The van der Waals surface area contributed by atoms with Crippen LogP contribution in [0.5, 0.6) is 0 Å². The number of hydrogen-bond donors (Lipinski definition) is 1. The summed E-state index contributed by atoms with van der Waals surface area (Å²) in [6, 6.07) is 12.2. The Morgan fingerprint density at radius 2 is 1.90 bits per heavy atom. The first-order valence-corrected chi connectivity index (χ1v) is 8.61. The van der Waals surface area contributed by atoms with Crippen LogP contribution in [0.3, 0.4) is 0 Å². The maximum Gasteiger partial charge on any atom is 0.0449 e. The molecule has 0 radical (unpaired) electrons. The van der Waals surface area contributed by atoms with Crippen molar-refractivity contribution in [1.82, 2.24) is 15.1 Å². The second-order valence-electron chi connectivity index (χ2n) is 6.47. The molecule has 1 aromatic carbocycles. The quantitative estimate of drug-likeness (QED) is 0.867. The Kier molecular flexibility index (Phi) is 5.28. The molecule has 2 atom stereocenters. The van der Waals surface area contributed by atoms with Gasteiger partial charge < -0.3 is 5.32 Å². The molecular weight excluding hydrogens is 258 g/mol. The Balaban J connectivity index is 1.56. The van der Waals surface area contributed by atoms with Gasteiger partial charge in [-0.3, -0.25) is 9.80 Å². The van der Waals surface area contributed by atoms with Crippen LogP contribution in [-0.2, 0) is 0 Å². The van der Waals surface area contributed by atoms with E-state index in [-0.39, 0.29) is 0 Å². The molecule has 2 fully saturated rings. The molecule has 0 amide bonds. The number of likely N-dealkylation sites (N-methyl/N-ethyl adjacent to an activating group) is 1. The van der Waals surface area contributed by atoms with Crippen molar-refractivity contribution in [3.63, 3.8) is 0 Å². The van der Waals surface area contributed by atoms with E-state index in [4.69, 9.17) is 0 Å². The average molecular weight is 287 g/mol. The van der Waals surface area contributed by atoms with E-state index in [9.17, 15) is 0 Å². The minimum Gasteiger partial charge on any atom is -0.309 e. The topological polar surface area (TPSA) is 18.5 Å². The highest BCUT2D eigenvalue weighted by molar-refractivity contribution is 5.19. The normalized spacial score (nSPS) is 25.5. The number of likely N-dealkylation sites (tertiary alicyclic amines) is 2. The van der Waals surface area contributed by atoms with Crippen LogP contribution in [0.25, 0.3) is 0 Å². The molecule has 21 heavy (non-hydrogen) atoms. The average Bonchev–Trinajstić information content (AvgIpc) is 3.19. The number of nitrogens with one attached hydrogen (secondary N) is 1. The Hall–Kier alpha value is -0.900. The van der Waals surface area contributed by atoms with E-state index >= 15 is 0 Å². The first-order valence-electron chi connectivity index (χ1n) is 8.61. The van der Waals surface area contributed by atoms with Crippen molar-refractivity contribution in [3.8, 4) is 0 Å². The monoisotopic (exact) mass is 287 g/mol. The summed E-state index contributed by atoms with van der Waals surface area (Å²) in [5.41, 5.74) is 1.42. The number of rotatable bonds is 6. The molecule has 2 saturated heterocycles. The Bertz CT molecular complexity index is 414. The summed E-state index contributed by atoms with van der Waals surface area (Å²) in [7, 11) is 0. The van der Waals surface area contributed by atoms with Crippen LogP contribution in [0.15, 0.2) is 30.3 Å². The van der Waals surface area contributed by atoms with Crippen LogP contribution in [-0.4, -0.2) is 55.1 Å². The van der Waals surface area contributed by atoms with Gasteiger partial charge in [-0.2, -0.15) is 0 Å². The van der Waals surface area contributed by atoms with E-state index in [1.165, 1.54) is 51.0 Å². The molecule has 116 valence electrons. The highest BCUT2D eigenvalue weighted by Crippen LogP contribution is 2.23. The highest BCUT2D eigenvalue weighted by atomic mass is 15.3. The molecule has 0 aliphatic carbocycles. The summed E-state index contributed by atoms with van der Waals surface area (Å²) < 4.78 is 0. The zero-order chi connectivity index (χ0) is 14.5.